The van der Waals surface area contributed by atoms with Gasteiger partial charge in [-0.2, -0.15) is 5.10 Å². The highest BCUT2D eigenvalue weighted by Crippen LogP contribution is 2.37. The number of hydrogen-bond acceptors (Lipinski definition) is 4. The van der Waals surface area contributed by atoms with E-state index in [1.54, 1.807) is 18.2 Å². The standard InChI is InChI=1S/C18H18N2O4/c1-10(21)16-15-13(8-18(2,3)9-14(15)22)20(19-16)12-7-5-4-6-11(12)17(23)24/h4-7H,8-9H2,1-3H3,(H,23,24). The highest BCUT2D eigenvalue weighted by molar-refractivity contribution is 6.08. The number of para-hydroxylation sites is 1. The molecule has 0 unspecified atom stereocenters. The maximum atomic E-state index is 12.6. The van der Waals surface area contributed by atoms with Gasteiger partial charge in [0.25, 0.3) is 0 Å². The number of nitrogens with zero attached hydrogens (tertiary/aromatic N) is 2. The Kier molecular flexibility index (Phi) is 3.63. The van der Waals surface area contributed by atoms with Gasteiger partial charge in [-0.1, -0.05) is 26.0 Å². The second-order valence-corrected chi connectivity index (χ2v) is 6.90. The summed E-state index contributed by atoms with van der Waals surface area (Å²) in [5.74, 6) is -1.50. The minimum atomic E-state index is -1.08. The van der Waals surface area contributed by atoms with Crippen molar-refractivity contribution in [3.05, 3.63) is 46.8 Å². The van der Waals surface area contributed by atoms with Gasteiger partial charge in [-0.25, -0.2) is 9.48 Å². The number of carbonyl (C=O) groups is 3. The Hall–Kier alpha value is -2.76. The van der Waals surface area contributed by atoms with E-state index in [-0.39, 0.29) is 28.2 Å². The SMILES string of the molecule is CC(=O)c1nn(-c2ccccc2C(=O)O)c2c1C(=O)CC(C)(C)C2. The molecule has 1 heterocycles. The molecule has 0 fully saturated rings. The summed E-state index contributed by atoms with van der Waals surface area (Å²) in [4.78, 5) is 36.0. The Morgan fingerprint density at radius 2 is 1.88 bits per heavy atom. The van der Waals surface area contributed by atoms with Crippen LogP contribution in [0, 0.1) is 5.41 Å². The molecular weight excluding hydrogens is 308 g/mol. The number of benzene rings is 1. The van der Waals surface area contributed by atoms with E-state index in [1.807, 2.05) is 13.8 Å². The van der Waals surface area contributed by atoms with Gasteiger partial charge >= 0.3 is 5.97 Å². The molecule has 0 atom stereocenters. The Morgan fingerprint density at radius 3 is 2.50 bits per heavy atom. The zero-order valence-electron chi connectivity index (χ0n) is 13.8. The molecule has 1 N–H and O–H groups in total. The van der Waals surface area contributed by atoms with Crippen molar-refractivity contribution in [3.8, 4) is 5.69 Å². The number of aromatic nitrogens is 2. The molecule has 124 valence electrons. The fourth-order valence-corrected chi connectivity index (χ4v) is 3.23. The Labute approximate surface area is 139 Å². The van der Waals surface area contributed by atoms with Gasteiger partial charge in [0.15, 0.2) is 11.6 Å². The predicted molar refractivity (Wildman–Crippen MR) is 87.0 cm³/mol. The summed E-state index contributed by atoms with van der Waals surface area (Å²) in [7, 11) is 0. The molecular formula is C18H18N2O4. The topological polar surface area (TPSA) is 89.3 Å². The van der Waals surface area contributed by atoms with Gasteiger partial charge in [0.2, 0.25) is 0 Å². The molecule has 1 aromatic carbocycles. The highest BCUT2D eigenvalue weighted by Gasteiger charge is 2.38. The van der Waals surface area contributed by atoms with Crippen molar-refractivity contribution in [3.63, 3.8) is 0 Å². The monoisotopic (exact) mass is 326 g/mol. The van der Waals surface area contributed by atoms with E-state index in [9.17, 15) is 19.5 Å². The molecule has 0 amide bonds. The van der Waals surface area contributed by atoms with Gasteiger partial charge in [0.05, 0.1) is 22.5 Å². The summed E-state index contributed by atoms with van der Waals surface area (Å²) in [5, 5.41) is 13.7. The lowest BCUT2D eigenvalue weighted by atomic mass is 9.75. The number of carboxylic acids is 1. The van der Waals surface area contributed by atoms with Crippen LogP contribution in [0.25, 0.3) is 5.69 Å². The Balaban J connectivity index is 2.32. The number of hydrogen-bond donors (Lipinski definition) is 1. The van der Waals surface area contributed by atoms with Gasteiger partial charge in [-0.3, -0.25) is 9.59 Å². The van der Waals surface area contributed by atoms with Gasteiger partial charge in [-0.15, -0.1) is 0 Å². The predicted octanol–water partition coefficient (Wildman–Crippen LogP) is 2.93. The average Bonchev–Trinajstić information content (AvgIpc) is 2.85. The molecule has 1 aromatic heterocycles. The van der Waals surface area contributed by atoms with E-state index in [4.69, 9.17) is 0 Å². The van der Waals surface area contributed by atoms with Crippen LogP contribution in [0.3, 0.4) is 0 Å². The zero-order valence-corrected chi connectivity index (χ0v) is 13.8. The lowest BCUT2D eigenvalue weighted by molar-refractivity contribution is 0.0696. The third-order valence-electron chi connectivity index (χ3n) is 4.24. The highest BCUT2D eigenvalue weighted by atomic mass is 16.4. The molecule has 0 radical (unpaired) electrons. The molecule has 3 rings (SSSR count). The molecule has 0 spiro atoms. The van der Waals surface area contributed by atoms with Crippen LogP contribution < -0.4 is 0 Å². The van der Waals surface area contributed by atoms with Crippen molar-refractivity contribution >= 4 is 17.5 Å². The third-order valence-corrected chi connectivity index (χ3v) is 4.24. The minimum Gasteiger partial charge on any atom is -0.478 e. The van der Waals surface area contributed by atoms with Crippen LogP contribution in [0.1, 0.15) is 64.1 Å². The van der Waals surface area contributed by atoms with Crippen molar-refractivity contribution in [2.75, 3.05) is 0 Å². The summed E-state index contributed by atoms with van der Waals surface area (Å²) in [6.07, 6.45) is 0.884. The summed E-state index contributed by atoms with van der Waals surface area (Å²) in [5.41, 5.74) is 1.23. The van der Waals surface area contributed by atoms with E-state index in [1.165, 1.54) is 17.7 Å². The molecule has 0 saturated carbocycles. The summed E-state index contributed by atoms with van der Waals surface area (Å²) in [6.45, 7) is 5.31. The van der Waals surface area contributed by atoms with Crippen LogP contribution in [0.15, 0.2) is 24.3 Å². The van der Waals surface area contributed by atoms with Crippen LogP contribution in [0.2, 0.25) is 0 Å². The summed E-state index contributed by atoms with van der Waals surface area (Å²) in [6, 6.07) is 6.45. The van der Waals surface area contributed by atoms with Crippen LogP contribution >= 0.6 is 0 Å². The fourth-order valence-electron chi connectivity index (χ4n) is 3.23. The number of rotatable bonds is 3. The van der Waals surface area contributed by atoms with E-state index in [0.717, 1.165) is 0 Å². The molecule has 24 heavy (non-hydrogen) atoms. The Bertz CT molecular complexity index is 877. The lowest BCUT2D eigenvalue weighted by Gasteiger charge is -2.29. The molecule has 6 nitrogen and oxygen atoms in total. The number of aromatic carboxylic acids is 1. The molecule has 2 aromatic rings. The molecule has 0 aliphatic heterocycles. The van der Waals surface area contributed by atoms with Crippen LogP contribution in [0.5, 0.6) is 0 Å². The first-order valence-corrected chi connectivity index (χ1v) is 7.70. The van der Waals surface area contributed by atoms with Crippen LogP contribution in [0.4, 0.5) is 0 Å². The maximum absolute atomic E-state index is 12.6. The first-order valence-electron chi connectivity index (χ1n) is 7.70. The van der Waals surface area contributed by atoms with E-state index in [2.05, 4.69) is 5.10 Å². The molecule has 1 aliphatic carbocycles. The lowest BCUT2D eigenvalue weighted by Crippen LogP contribution is -2.28. The maximum Gasteiger partial charge on any atom is 0.337 e. The molecule has 1 aliphatic rings. The molecule has 6 heteroatoms. The largest absolute Gasteiger partial charge is 0.478 e. The number of ketones is 2. The first-order chi connectivity index (χ1) is 11.2. The summed E-state index contributed by atoms with van der Waals surface area (Å²) >= 11 is 0. The average molecular weight is 326 g/mol. The first kappa shape index (κ1) is 16.1. The van der Waals surface area contributed by atoms with Gasteiger partial charge in [0, 0.05) is 13.3 Å². The van der Waals surface area contributed by atoms with Gasteiger partial charge in [0.1, 0.15) is 5.69 Å². The summed E-state index contributed by atoms with van der Waals surface area (Å²) < 4.78 is 1.45. The van der Waals surface area contributed by atoms with Gasteiger partial charge in [-0.05, 0) is 24.0 Å². The minimum absolute atomic E-state index is 0.0775. The number of fused-ring (bicyclic) bond motifs is 1. The quantitative estimate of drug-likeness (QED) is 0.876. The normalized spacial score (nSPS) is 15.9. The van der Waals surface area contributed by atoms with Crippen molar-refractivity contribution in [2.24, 2.45) is 5.41 Å². The molecule has 0 bridgehead atoms. The molecule has 0 saturated heterocycles. The smallest absolute Gasteiger partial charge is 0.337 e. The van der Waals surface area contributed by atoms with Gasteiger partial charge < -0.3 is 5.11 Å². The van der Waals surface area contributed by atoms with Crippen LogP contribution in [-0.2, 0) is 6.42 Å². The zero-order chi connectivity index (χ0) is 17.6. The fraction of sp³-hybridized carbons (Fsp3) is 0.333. The second kappa shape index (κ2) is 5.40. The third kappa shape index (κ3) is 2.54. The Morgan fingerprint density at radius 1 is 1.21 bits per heavy atom. The van der Waals surface area contributed by atoms with E-state index >= 15 is 0 Å². The number of Topliss-reactive ketones (excluding diaryl/α,β-unsaturated/α-hetero) is 2. The van der Waals surface area contributed by atoms with Crippen LogP contribution in [-0.4, -0.2) is 32.4 Å². The van der Waals surface area contributed by atoms with Crippen molar-refractivity contribution in [1.29, 1.82) is 0 Å². The van der Waals surface area contributed by atoms with E-state index < -0.39 is 5.97 Å². The van der Waals surface area contributed by atoms with Crippen molar-refractivity contribution < 1.29 is 19.5 Å². The number of carboxylic acid groups (broad SMARTS) is 1. The number of carbonyl (C=O) groups excluding carboxylic acids is 2. The van der Waals surface area contributed by atoms with Crippen molar-refractivity contribution in [2.45, 2.75) is 33.6 Å². The second-order valence-electron chi connectivity index (χ2n) is 6.90. The van der Waals surface area contributed by atoms with Crippen molar-refractivity contribution in [1.82, 2.24) is 9.78 Å². The van der Waals surface area contributed by atoms with E-state index in [0.29, 0.717) is 29.8 Å².